The summed E-state index contributed by atoms with van der Waals surface area (Å²) >= 11 is 1.24. The quantitative estimate of drug-likeness (QED) is 0.350. The number of thiazole rings is 1. The van der Waals surface area contributed by atoms with Gasteiger partial charge >= 0.3 is 5.69 Å². The minimum Gasteiger partial charge on any atom is -0.315 e. The van der Waals surface area contributed by atoms with E-state index in [0.717, 1.165) is 17.7 Å². The number of aromatic nitrogens is 5. The zero-order chi connectivity index (χ0) is 24.6. The molecule has 0 unspecified atom stereocenters. The molecule has 4 aromatic rings. The van der Waals surface area contributed by atoms with E-state index >= 15 is 0 Å². The van der Waals surface area contributed by atoms with E-state index in [1.54, 1.807) is 12.1 Å². The largest absolute Gasteiger partial charge is 0.332 e. The van der Waals surface area contributed by atoms with Crippen LogP contribution < -0.4 is 16.1 Å². The number of halogens is 2. The summed E-state index contributed by atoms with van der Waals surface area (Å²) in [6, 6.07) is 4.71. The van der Waals surface area contributed by atoms with Crippen LogP contribution in [0.15, 0.2) is 34.1 Å². The Labute approximate surface area is 210 Å². The standard InChI is InChI=1S/C22H26FN7O3S.ClH/c1-5-28(6-2)10-11-30(21-25-17-14(23)8-7-9-15(17)34-21)16(31)12-29-13-24-19-18(29)20(32)27(4)22(33)26(19)3;/h7-9,13H,5-6,10-12H2,1-4H3;1H. The molecule has 188 valence electrons. The number of benzene rings is 1. The third-order valence-electron chi connectivity index (χ3n) is 5.95. The highest BCUT2D eigenvalue weighted by molar-refractivity contribution is 7.22. The van der Waals surface area contributed by atoms with Gasteiger partial charge in [0.2, 0.25) is 5.91 Å². The Morgan fingerprint density at radius 2 is 1.83 bits per heavy atom. The van der Waals surface area contributed by atoms with Gasteiger partial charge in [-0.1, -0.05) is 31.3 Å². The lowest BCUT2D eigenvalue weighted by atomic mass is 10.3. The SMILES string of the molecule is CCN(CC)CCN(C(=O)Cn1cnc2c1c(=O)n(C)c(=O)n2C)c1nc2c(F)cccc2s1.Cl. The fraction of sp³-hybridized carbons (Fsp3) is 0.409. The summed E-state index contributed by atoms with van der Waals surface area (Å²) in [6.45, 7) is 6.51. The smallest absolute Gasteiger partial charge is 0.315 e. The summed E-state index contributed by atoms with van der Waals surface area (Å²) in [4.78, 5) is 50.8. The molecule has 0 fully saturated rings. The van der Waals surface area contributed by atoms with Crippen molar-refractivity contribution >= 4 is 56.2 Å². The number of hydrogen-bond acceptors (Lipinski definition) is 7. The van der Waals surface area contributed by atoms with Crippen molar-refractivity contribution in [1.29, 1.82) is 0 Å². The first-order chi connectivity index (χ1) is 16.3. The maximum atomic E-state index is 14.3. The number of carbonyl (C=O) groups is 1. The molecule has 0 spiro atoms. The highest BCUT2D eigenvalue weighted by Gasteiger charge is 2.23. The topological polar surface area (TPSA) is 98.3 Å². The van der Waals surface area contributed by atoms with E-state index in [1.807, 2.05) is 13.8 Å². The number of anilines is 1. The van der Waals surface area contributed by atoms with Gasteiger partial charge in [-0.3, -0.25) is 23.6 Å². The average molecular weight is 524 g/mol. The first-order valence-corrected chi connectivity index (χ1v) is 11.8. The van der Waals surface area contributed by atoms with E-state index in [4.69, 9.17) is 0 Å². The van der Waals surface area contributed by atoms with Gasteiger partial charge in [-0.15, -0.1) is 12.4 Å². The number of carbonyl (C=O) groups excluding carboxylic acids is 1. The van der Waals surface area contributed by atoms with Gasteiger partial charge in [-0.05, 0) is 25.2 Å². The van der Waals surface area contributed by atoms with Crippen LogP contribution in [0.1, 0.15) is 13.8 Å². The summed E-state index contributed by atoms with van der Waals surface area (Å²) in [5, 5.41) is 0.391. The van der Waals surface area contributed by atoms with Crippen molar-refractivity contribution in [2.24, 2.45) is 14.1 Å². The van der Waals surface area contributed by atoms with E-state index in [-0.39, 0.29) is 41.5 Å². The Morgan fingerprint density at radius 3 is 2.49 bits per heavy atom. The molecule has 0 bridgehead atoms. The van der Waals surface area contributed by atoms with Gasteiger partial charge in [0.15, 0.2) is 16.3 Å². The van der Waals surface area contributed by atoms with Gasteiger partial charge in [0.25, 0.3) is 5.56 Å². The van der Waals surface area contributed by atoms with Gasteiger partial charge in [-0.2, -0.15) is 0 Å². The molecular weight excluding hydrogens is 497 g/mol. The number of rotatable bonds is 8. The van der Waals surface area contributed by atoms with E-state index in [2.05, 4.69) is 14.9 Å². The molecule has 0 saturated heterocycles. The van der Waals surface area contributed by atoms with Crippen molar-refractivity contribution in [2.75, 3.05) is 31.1 Å². The van der Waals surface area contributed by atoms with Crippen LogP contribution in [0.3, 0.4) is 0 Å². The predicted molar refractivity (Wildman–Crippen MR) is 137 cm³/mol. The van der Waals surface area contributed by atoms with Crippen molar-refractivity contribution < 1.29 is 9.18 Å². The van der Waals surface area contributed by atoms with E-state index < -0.39 is 17.1 Å². The van der Waals surface area contributed by atoms with Crippen LogP contribution in [0.25, 0.3) is 21.4 Å². The lowest BCUT2D eigenvalue weighted by Gasteiger charge is -2.25. The molecule has 0 saturated carbocycles. The average Bonchev–Trinajstić information content (AvgIpc) is 3.44. The molecule has 0 aliphatic heterocycles. The molecule has 13 heteroatoms. The van der Waals surface area contributed by atoms with Crippen molar-refractivity contribution in [3.8, 4) is 0 Å². The summed E-state index contributed by atoms with van der Waals surface area (Å²) in [5.74, 6) is -0.761. The lowest BCUT2D eigenvalue weighted by molar-refractivity contribution is -0.119. The number of imidazole rings is 1. The summed E-state index contributed by atoms with van der Waals surface area (Å²) in [5.41, 5.74) is -0.429. The van der Waals surface area contributed by atoms with Crippen molar-refractivity contribution in [3.05, 3.63) is 51.2 Å². The number of para-hydroxylation sites is 1. The van der Waals surface area contributed by atoms with Gasteiger partial charge in [0.1, 0.15) is 17.9 Å². The summed E-state index contributed by atoms with van der Waals surface area (Å²) < 4.78 is 18.6. The van der Waals surface area contributed by atoms with Crippen LogP contribution in [0, 0.1) is 5.82 Å². The Hall–Kier alpha value is -3.09. The molecule has 35 heavy (non-hydrogen) atoms. The molecule has 0 radical (unpaired) electrons. The Bertz CT molecular complexity index is 1490. The summed E-state index contributed by atoms with van der Waals surface area (Å²) in [7, 11) is 2.91. The highest BCUT2D eigenvalue weighted by atomic mass is 35.5. The van der Waals surface area contributed by atoms with Crippen LogP contribution in [-0.2, 0) is 25.4 Å². The zero-order valence-corrected chi connectivity index (χ0v) is 21.5. The predicted octanol–water partition coefficient (Wildman–Crippen LogP) is 1.98. The maximum absolute atomic E-state index is 14.3. The van der Waals surface area contributed by atoms with Gasteiger partial charge in [0, 0.05) is 27.2 Å². The molecule has 3 heterocycles. The van der Waals surface area contributed by atoms with Crippen LogP contribution in [-0.4, -0.2) is 60.7 Å². The Balaban J connectivity index is 0.00000342. The number of nitrogens with zero attached hydrogens (tertiary/aromatic N) is 7. The highest BCUT2D eigenvalue weighted by Crippen LogP contribution is 2.30. The normalized spacial score (nSPS) is 11.4. The molecule has 1 amide bonds. The number of fused-ring (bicyclic) bond motifs is 2. The molecule has 0 atom stereocenters. The second-order valence-corrected chi connectivity index (χ2v) is 8.91. The molecule has 0 aliphatic rings. The van der Waals surface area contributed by atoms with Gasteiger partial charge in [-0.25, -0.2) is 19.2 Å². The number of hydrogen-bond donors (Lipinski definition) is 0. The van der Waals surface area contributed by atoms with Crippen LogP contribution in [0.2, 0.25) is 0 Å². The zero-order valence-electron chi connectivity index (χ0n) is 19.9. The third-order valence-corrected chi connectivity index (χ3v) is 6.99. The monoisotopic (exact) mass is 523 g/mol. The molecule has 0 aliphatic carbocycles. The van der Waals surface area contributed by atoms with Crippen molar-refractivity contribution in [3.63, 3.8) is 0 Å². The van der Waals surface area contributed by atoms with Crippen molar-refractivity contribution in [1.82, 2.24) is 28.6 Å². The van der Waals surface area contributed by atoms with E-state index in [9.17, 15) is 18.8 Å². The molecular formula is C22H27ClFN7O3S. The maximum Gasteiger partial charge on any atom is 0.332 e. The van der Waals surface area contributed by atoms with E-state index in [1.165, 1.54) is 51.9 Å². The Kier molecular flexibility index (Phi) is 8.08. The number of likely N-dealkylation sites (N-methyl/N-ethyl adjacent to an activating group) is 1. The van der Waals surface area contributed by atoms with Crippen molar-refractivity contribution in [2.45, 2.75) is 20.4 Å². The molecule has 3 aromatic heterocycles. The first kappa shape index (κ1) is 26.5. The molecule has 1 aromatic carbocycles. The number of amides is 1. The van der Waals surface area contributed by atoms with Crippen LogP contribution in [0.5, 0.6) is 0 Å². The van der Waals surface area contributed by atoms with Crippen LogP contribution in [0.4, 0.5) is 9.52 Å². The van der Waals surface area contributed by atoms with Gasteiger partial charge in [0.05, 0.1) is 11.0 Å². The second-order valence-electron chi connectivity index (χ2n) is 7.91. The Morgan fingerprint density at radius 1 is 1.11 bits per heavy atom. The number of aryl methyl sites for hydroxylation is 1. The second kappa shape index (κ2) is 10.7. The minimum absolute atomic E-state index is 0. The molecule has 0 N–H and O–H groups in total. The third kappa shape index (κ3) is 4.86. The molecule has 10 nitrogen and oxygen atoms in total. The fourth-order valence-corrected chi connectivity index (χ4v) is 4.90. The summed E-state index contributed by atoms with van der Waals surface area (Å²) in [6.07, 6.45) is 1.38. The van der Waals surface area contributed by atoms with Crippen LogP contribution >= 0.6 is 23.7 Å². The minimum atomic E-state index is -0.528. The lowest BCUT2D eigenvalue weighted by Crippen LogP contribution is -2.41. The van der Waals surface area contributed by atoms with E-state index in [0.29, 0.717) is 22.9 Å². The first-order valence-electron chi connectivity index (χ1n) is 10.9. The fourth-order valence-electron chi connectivity index (χ4n) is 3.87. The van der Waals surface area contributed by atoms with Gasteiger partial charge < -0.3 is 9.47 Å². The molecule has 4 rings (SSSR count).